The van der Waals surface area contributed by atoms with Gasteiger partial charge in [-0.05, 0) is 48.1 Å². The lowest BCUT2D eigenvalue weighted by Crippen LogP contribution is -2.39. The van der Waals surface area contributed by atoms with Crippen molar-refractivity contribution in [1.29, 1.82) is 0 Å². The molecule has 3 rings (SSSR count). The Hall–Kier alpha value is -1.84. The summed E-state index contributed by atoms with van der Waals surface area (Å²) in [4.78, 5) is 12.7. The summed E-state index contributed by atoms with van der Waals surface area (Å²) in [5, 5.41) is 6.45. The van der Waals surface area contributed by atoms with Gasteiger partial charge in [0.15, 0.2) is 0 Å². The highest BCUT2D eigenvalue weighted by Gasteiger charge is 2.29. The number of aryl methyl sites for hydroxylation is 1. The molecule has 0 aromatic heterocycles. The van der Waals surface area contributed by atoms with Crippen LogP contribution >= 0.6 is 12.4 Å². The van der Waals surface area contributed by atoms with Crippen molar-refractivity contribution in [2.45, 2.75) is 52.2 Å². The van der Waals surface area contributed by atoms with Gasteiger partial charge < -0.3 is 10.6 Å². The zero-order chi connectivity index (χ0) is 17.2. The maximum absolute atomic E-state index is 12.7. The first-order valence-electron chi connectivity index (χ1n) is 8.70. The van der Waals surface area contributed by atoms with Crippen LogP contribution in [0.1, 0.15) is 48.6 Å². The van der Waals surface area contributed by atoms with Crippen LogP contribution in [0, 0.1) is 0 Å². The smallest absolute Gasteiger partial charge is 0.230 e. The number of benzene rings is 2. The molecule has 25 heavy (non-hydrogen) atoms. The van der Waals surface area contributed by atoms with E-state index in [0.29, 0.717) is 6.54 Å². The van der Waals surface area contributed by atoms with E-state index in [1.807, 2.05) is 13.8 Å². The highest BCUT2D eigenvalue weighted by atomic mass is 35.5. The largest absolute Gasteiger partial charge is 0.351 e. The first-order chi connectivity index (χ1) is 11.5. The van der Waals surface area contributed by atoms with E-state index >= 15 is 0 Å². The predicted molar refractivity (Wildman–Crippen MR) is 105 cm³/mol. The van der Waals surface area contributed by atoms with Crippen molar-refractivity contribution in [3.05, 3.63) is 70.3 Å². The monoisotopic (exact) mass is 358 g/mol. The second-order valence-corrected chi connectivity index (χ2v) is 7.06. The highest BCUT2D eigenvalue weighted by molar-refractivity contribution is 5.87. The second kappa shape index (κ2) is 8.03. The van der Waals surface area contributed by atoms with Crippen LogP contribution in [0.3, 0.4) is 0 Å². The molecule has 0 bridgehead atoms. The van der Waals surface area contributed by atoms with Gasteiger partial charge in [-0.25, -0.2) is 0 Å². The van der Waals surface area contributed by atoms with Gasteiger partial charge in [-0.3, -0.25) is 4.79 Å². The standard InChI is InChI=1S/C21H26N2O.ClH/c1-4-15-6-9-19(10-7-15)21(2,3)20(24)23-12-16-5-8-17-13-22-14-18(17)11-16;/h5-11,22H,4,12-14H2,1-3H3,(H,23,24);1H. The molecule has 1 heterocycles. The highest BCUT2D eigenvalue weighted by Crippen LogP contribution is 2.24. The topological polar surface area (TPSA) is 41.1 Å². The Kier molecular flexibility index (Phi) is 6.26. The summed E-state index contributed by atoms with van der Waals surface area (Å²) in [5.41, 5.74) is 5.67. The van der Waals surface area contributed by atoms with Crippen LogP contribution in [0.25, 0.3) is 0 Å². The van der Waals surface area contributed by atoms with Gasteiger partial charge in [0.2, 0.25) is 5.91 Å². The molecule has 0 aliphatic carbocycles. The first-order valence-corrected chi connectivity index (χ1v) is 8.70. The molecule has 1 aliphatic heterocycles. The number of fused-ring (bicyclic) bond motifs is 1. The Bertz CT molecular complexity index is 738. The van der Waals surface area contributed by atoms with Crippen LogP contribution in [-0.4, -0.2) is 5.91 Å². The van der Waals surface area contributed by atoms with E-state index in [2.05, 4.69) is 60.0 Å². The number of carbonyl (C=O) groups excluding carboxylic acids is 1. The fourth-order valence-electron chi connectivity index (χ4n) is 3.15. The van der Waals surface area contributed by atoms with E-state index in [-0.39, 0.29) is 18.3 Å². The zero-order valence-electron chi connectivity index (χ0n) is 15.2. The number of nitrogens with one attached hydrogen (secondary N) is 2. The van der Waals surface area contributed by atoms with Gasteiger partial charge in [0.05, 0.1) is 5.41 Å². The maximum Gasteiger partial charge on any atom is 0.230 e. The molecule has 0 radical (unpaired) electrons. The van der Waals surface area contributed by atoms with E-state index in [0.717, 1.165) is 30.6 Å². The lowest BCUT2D eigenvalue weighted by Gasteiger charge is -2.24. The van der Waals surface area contributed by atoms with Crippen LogP contribution in [0.15, 0.2) is 42.5 Å². The molecule has 3 nitrogen and oxygen atoms in total. The number of rotatable bonds is 5. The Morgan fingerprint density at radius 3 is 2.36 bits per heavy atom. The van der Waals surface area contributed by atoms with Gasteiger partial charge in [-0.15, -0.1) is 12.4 Å². The predicted octanol–water partition coefficient (Wildman–Crippen LogP) is 3.87. The van der Waals surface area contributed by atoms with Crippen LogP contribution in [0.4, 0.5) is 0 Å². The fraction of sp³-hybridized carbons (Fsp3) is 0.381. The fourth-order valence-corrected chi connectivity index (χ4v) is 3.15. The van der Waals surface area contributed by atoms with Crippen molar-refractivity contribution in [3.8, 4) is 0 Å². The molecule has 0 fully saturated rings. The zero-order valence-corrected chi connectivity index (χ0v) is 16.0. The van der Waals surface area contributed by atoms with E-state index in [9.17, 15) is 4.79 Å². The lowest BCUT2D eigenvalue weighted by atomic mass is 9.83. The van der Waals surface area contributed by atoms with Crippen LogP contribution < -0.4 is 10.6 Å². The van der Waals surface area contributed by atoms with Crippen molar-refractivity contribution in [1.82, 2.24) is 10.6 Å². The SMILES string of the molecule is CCc1ccc(C(C)(C)C(=O)NCc2ccc3c(c2)CNC3)cc1.Cl. The van der Waals surface area contributed by atoms with Gasteiger partial charge in [0.1, 0.15) is 0 Å². The first kappa shape index (κ1) is 19.5. The van der Waals surface area contributed by atoms with Gasteiger partial charge in [-0.1, -0.05) is 49.4 Å². The summed E-state index contributed by atoms with van der Waals surface area (Å²) in [6, 6.07) is 14.8. The normalized spacial score (nSPS) is 13.1. The number of amides is 1. The molecule has 2 aromatic rings. The van der Waals surface area contributed by atoms with Crippen molar-refractivity contribution < 1.29 is 4.79 Å². The number of carbonyl (C=O) groups is 1. The third-order valence-electron chi connectivity index (χ3n) is 5.01. The summed E-state index contributed by atoms with van der Waals surface area (Å²) in [6.07, 6.45) is 1.01. The lowest BCUT2D eigenvalue weighted by molar-refractivity contribution is -0.125. The Morgan fingerprint density at radius 2 is 1.68 bits per heavy atom. The van der Waals surface area contributed by atoms with Crippen LogP contribution in [0.2, 0.25) is 0 Å². The Labute approximate surface area is 156 Å². The van der Waals surface area contributed by atoms with Crippen molar-refractivity contribution >= 4 is 18.3 Å². The molecule has 0 atom stereocenters. The molecule has 2 aromatic carbocycles. The summed E-state index contributed by atoms with van der Waals surface area (Å²) >= 11 is 0. The molecule has 0 saturated carbocycles. The molecule has 4 heteroatoms. The average Bonchev–Trinajstić information content (AvgIpc) is 3.07. The van der Waals surface area contributed by atoms with E-state index in [1.165, 1.54) is 16.7 Å². The molecule has 1 amide bonds. The van der Waals surface area contributed by atoms with E-state index in [4.69, 9.17) is 0 Å². The Balaban J connectivity index is 0.00000225. The van der Waals surface area contributed by atoms with Crippen molar-refractivity contribution in [2.24, 2.45) is 0 Å². The molecule has 0 spiro atoms. The Morgan fingerprint density at radius 1 is 1.04 bits per heavy atom. The minimum absolute atomic E-state index is 0. The third-order valence-corrected chi connectivity index (χ3v) is 5.01. The quantitative estimate of drug-likeness (QED) is 0.851. The van der Waals surface area contributed by atoms with E-state index < -0.39 is 5.41 Å². The van der Waals surface area contributed by atoms with Gasteiger partial charge in [0.25, 0.3) is 0 Å². The van der Waals surface area contributed by atoms with Gasteiger partial charge in [0, 0.05) is 19.6 Å². The second-order valence-electron chi connectivity index (χ2n) is 7.06. The average molecular weight is 359 g/mol. The van der Waals surface area contributed by atoms with Gasteiger partial charge in [-0.2, -0.15) is 0 Å². The number of halogens is 1. The van der Waals surface area contributed by atoms with Gasteiger partial charge >= 0.3 is 0 Å². The van der Waals surface area contributed by atoms with Crippen molar-refractivity contribution in [3.63, 3.8) is 0 Å². The molecular formula is C21H27ClN2O. The maximum atomic E-state index is 12.7. The molecular weight excluding hydrogens is 332 g/mol. The summed E-state index contributed by atoms with van der Waals surface area (Å²) < 4.78 is 0. The van der Waals surface area contributed by atoms with Crippen molar-refractivity contribution in [2.75, 3.05) is 0 Å². The van der Waals surface area contributed by atoms with Crippen LogP contribution in [-0.2, 0) is 36.3 Å². The van der Waals surface area contributed by atoms with Crippen LogP contribution in [0.5, 0.6) is 0 Å². The molecule has 1 aliphatic rings. The molecule has 0 saturated heterocycles. The summed E-state index contributed by atoms with van der Waals surface area (Å²) in [6.45, 7) is 8.54. The van der Waals surface area contributed by atoms with E-state index in [1.54, 1.807) is 0 Å². The number of hydrogen-bond acceptors (Lipinski definition) is 2. The molecule has 0 unspecified atom stereocenters. The molecule has 134 valence electrons. The number of hydrogen-bond donors (Lipinski definition) is 2. The third kappa shape index (κ3) is 4.23. The minimum Gasteiger partial charge on any atom is -0.351 e. The minimum atomic E-state index is -0.537. The summed E-state index contributed by atoms with van der Waals surface area (Å²) in [5.74, 6) is 0.0605. The summed E-state index contributed by atoms with van der Waals surface area (Å²) in [7, 11) is 0. The molecule has 2 N–H and O–H groups in total.